The average Bonchev–Trinajstić information content (AvgIpc) is 2.48. The average molecular weight is 353 g/mol. The maximum absolute atomic E-state index is 12.8. The molecule has 1 aliphatic rings. The molecule has 0 radical (unpaired) electrons. The van der Waals surface area contributed by atoms with Gasteiger partial charge in [-0.25, -0.2) is 0 Å². The number of carbonyl (C=O) groups excluding carboxylic acids is 1. The van der Waals surface area contributed by atoms with Crippen LogP contribution >= 0.6 is 15.9 Å². The second kappa shape index (κ2) is 7.41. The summed E-state index contributed by atoms with van der Waals surface area (Å²) < 4.78 is 1.05. The van der Waals surface area contributed by atoms with Crippen LogP contribution in [-0.4, -0.2) is 19.0 Å². The van der Waals surface area contributed by atoms with E-state index < -0.39 is 0 Å². The molecule has 1 aromatic carbocycles. The number of piperidine rings is 1. The van der Waals surface area contributed by atoms with Crippen molar-refractivity contribution in [3.63, 3.8) is 0 Å². The van der Waals surface area contributed by atoms with Gasteiger partial charge in [0.2, 0.25) is 5.91 Å². The highest BCUT2D eigenvalue weighted by molar-refractivity contribution is 9.10. The number of hydrogen-bond acceptors (Lipinski definition) is 2. The Hall–Kier alpha value is -0.870. The first-order chi connectivity index (χ1) is 10.1. The molecule has 2 rings (SSSR count). The zero-order chi connectivity index (χ0) is 15.3. The monoisotopic (exact) mass is 352 g/mol. The van der Waals surface area contributed by atoms with Crippen LogP contribution in [0.4, 0.5) is 0 Å². The molecule has 0 spiro atoms. The van der Waals surface area contributed by atoms with Crippen LogP contribution in [0, 0.1) is 5.41 Å². The van der Waals surface area contributed by atoms with Gasteiger partial charge in [-0.15, -0.1) is 0 Å². The molecule has 21 heavy (non-hydrogen) atoms. The van der Waals surface area contributed by atoms with E-state index in [4.69, 9.17) is 0 Å². The minimum Gasteiger partial charge on any atom is -0.349 e. The lowest BCUT2D eigenvalue weighted by Crippen LogP contribution is -2.50. The molecular formula is C17H25BrN2O. The van der Waals surface area contributed by atoms with Crippen molar-refractivity contribution in [3.05, 3.63) is 34.3 Å². The molecule has 2 atom stereocenters. The topological polar surface area (TPSA) is 41.1 Å². The van der Waals surface area contributed by atoms with Crippen molar-refractivity contribution in [1.29, 1.82) is 0 Å². The van der Waals surface area contributed by atoms with Crippen LogP contribution < -0.4 is 10.6 Å². The normalized spacial score (nSPS) is 23.6. The van der Waals surface area contributed by atoms with Gasteiger partial charge in [0.1, 0.15) is 0 Å². The van der Waals surface area contributed by atoms with Crippen LogP contribution in [0.25, 0.3) is 0 Å². The van der Waals surface area contributed by atoms with Gasteiger partial charge in [0, 0.05) is 11.0 Å². The second-order valence-electron chi connectivity index (χ2n) is 6.03. The van der Waals surface area contributed by atoms with Crippen LogP contribution in [0.5, 0.6) is 0 Å². The Morgan fingerprint density at radius 2 is 2.24 bits per heavy atom. The van der Waals surface area contributed by atoms with Gasteiger partial charge >= 0.3 is 0 Å². The van der Waals surface area contributed by atoms with Gasteiger partial charge in [-0.05, 0) is 44.4 Å². The lowest BCUT2D eigenvalue weighted by molar-refractivity contribution is -0.133. The van der Waals surface area contributed by atoms with Gasteiger partial charge in [-0.1, -0.05) is 47.5 Å². The molecular weight excluding hydrogens is 328 g/mol. The van der Waals surface area contributed by atoms with Crippen molar-refractivity contribution in [2.45, 2.75) is 45.6 Å². The highest BCUT2D eigenvalue weighted by Gasteiger charge is 2.39. The summed E-state index contributed by atoms with van der Waals surface area (Å²) in [4.78, 5) is 12.8. The van der Waals surface area contributed by atoms with Crippen LogP contribution in [0.15, 0.2) is 28.7 Å². The summed E-state index contributed by atoms with van der Waals surface area (Å²) in [6.45, 7) is 6.03. The molecule has 1 heterocycles. The molecule has 2 N–H and O–H groups in total. The summed E-state index contributed by atoms with van der Waals surface area (Å²) >= 11 is 3.56. The number of benzene rings is 1. The van der Waals surface area contributed by atoms with Crippen molar-refractivity contribution in [2.75, 3.05) is 13.1 Å². The molecule has 4 heteroatoms. The summed E-state index contributed by atoms with van der Waals surface area (Å²) in [5.41, 5.74) is 0.893. The van der Waals surface area contributed by atoms with E-state index in [1.165, 1.54) is 0 Å². The molecule has 1 aromatic rings. The maximum Gasteiger partial charge on any atom is 0.227 e. The number of halogens is 1. The standard InChI is InChI=1S/C17H25BrN2O/c1-3-9-17(10-6-11-19-12-17)16(21)20-13(2)14-7-4-5-8-15(14)18/h4-5,7-8,13,19H,3,6,9-12H2,1-2H3,(H,20,21)/t13-,17?/m1/s1. The first-order valence-electron chi connectivity index (χ1n) is 7.85. The Bertz CT molecular complexity index is 478. The Kier molecular flexibility index (Phi) is 5.82. The van der Waals surface area contributed by atoms with E-state index >= 15 is 0 Å². The van der Waals surface area contributed by atoms with E-state index in [0.717, 1.165) is 48.8 Å². The molecule has 116 valence electrons. The third-order valence-electron chi connectivity index (χ3n) is 4.40. The molecule has 3 nitrogen and oxygen atoms in total. The molecule has 1 aliphatic heterocycles. The number of nitrogens with one attached hydrogen (secondary N) is 2. The van der Waals surface area contributed by atoms with Crippen molar-refractivity contribution in [3.8, 4) is 0 Å². The van der Waals surface area contributed by atoms with Crippen molar-refractivity contribution < 1.29 is 4.79 Å². The minimum absolute atomic E-state index is 0.0173. The highest BCUT2D eigenvalue weighted by atomic mass is 79.9. The molecule has 0 aromatic heterocycles. The summed E-state index contributed by atoms with van der Waals surface area (Å²) in [5.74, 6) is 0.194. The number of rotatable bonds is 5. The zero-order valence-electron chi connectivity index (χ0n) is 12.9. The smallest absolute Gasteiger partial charge is 0.227 e. The quantitative estimate of drug-likeness (QED) is 0.846. The van der Waals surface area contributed by atoms with E-state index in [9.17, 15) is 4.79 Å². The molecule has 0 aliphatic carbocycles. The Labute approximate surface area is 136 Å². The molecule has 0 saturated carbocycles. The molecule has 1 saturated heterocycles. The Morgan fingerprint density at radius 3 is 2.86 bits per heavy atom. The zero-order valence-corrected chi connectivity index (χ0v) is 14.5. The molecule has 0 bridgehead atoms. The number of carbonyl (C=O) groups is 1. The molecule has 1 unspecified atom stereocenters. The van der Waals surface area contributed by atoms with Crippen molar-refractivity contribution >= 4 is 21.8 Å². The van der Waals surface area contributed by atoms with E-state index in [0.29, 0.717) is 0 Å². The van der Waals surface area contributed by atoms with Gasteiger partial charge in [0.05, 0.1) is 11.5 Å². The number of amides is 1. The minimum atomic E-state index is -0.234. The lowest BCUT2D eigenvalue weighted by Gasteiger charge is -2.37. The summed E-state index contributed by atoms with van der Waals surface area (Å²) in [7, 11) is 0. The van der Waals surface area contributed by atoms with Gasteiger partial charge < -0.3 is 10.6 Å². The third kappa shape index (κ3) is 3.86. The Morgan fingerprint density at radius 1 is 1.48 bits per heavy atom. The lowest BCUT2D eigenvalue weighted by atomic mass is 9.76. The summed E-state index contributed by atoms with van der Waals surface area (Å²) in [6.07, 6.45) is 4.06. The van der Waals surface area contributed by atoms with Crippen LogP contribution in [-0.2, 0) is 4.79 Å². The largest absolute Gasteiger partial charge is 0.349 e. The Balaban J connectivity index is 2.10. The predicted octanol–water partition coefficient (Wildman–Crippen LogP) is 3.80. The van der Waals surface area contributed by atoms with Crippen LogP contribution in [0.2, 0.25) is 0 Å². The third-order valence-corrected chi connectivity index (χ3v) is 5.12. The van der Waals surface area contributed by atoms with Crippen LogP contribution in [0.1, 0.15) is 51.1 Å². The van der Waals surface area contributed by atoms with Gasteiger partial charge in [-0.3, -0.25) is 4.79 Å². The summed E-state index contributed by atoms with van der Waals surface area (Å²) in [5, 5.41) is 6.62. The fraction of sp³-hybridized carbons (Fsp3) is 0.588. The molecule has 1 amide bonds. The van der Waals surface area contributed by atoms with E-state index in [2.05, 4.69) is 39.6 Å². The summed E-state index contributed by atoms with van der Waals surface area (Å²) in [6, 6.07) is 8.09. The van der Waals surface area contributed by atoms with E-state index in [-0.39, 0.29) is 17.4 Å². The fourth-order valence-electron chi connectivity index (χ4n) is 3.22. The molecule has 1 fully saturated rings. The van der Waals surface area contributed by atoms with E-state index in [1.807, 2.05) is 25.1 Å². The fourth-order valence-corrected chi connectivity index (χ4v) is 3.85. The second-order valence-corrected chi connectivity index (χ2v) is 6.88. The van der Waals surface area contributed by atoms with Gasteiger partial charge in [0.25, 0.3) is 0 Å². The van der Waals surface area contributed by atoms with Crippen molar-refractivity contribution in [1.82, 2.24) is 10.6 Å². The SMILES string of the molecule is CCCC1(C(=O)N[C@H](C)c2ccccc2Br)CCCNC1. The van der Waals surface area contributed by atoms with Gasteiger partial charge in [-0.2, -0.15) is 0 Å². The highest BCUT2D eigenvalue weighted by Crippen LogP contribution is 2.33. The number of hydrogen-bond donors (Lipinski definition) is 2. The van der Waals surface area contributed by atoms with Crippen molar-refractivity contribution in [2.24, 2.45) is 5.41 Å². The first kappa shape index (κ1) is 16.5. The van der Waals surface area contributed by atoms with Crippen LogP contribution in [0.3, 0.4) is 0 Å². The maximum atomic E-state index is 12.8. The first-order valence-corrected chi connectivity index (χ1v) is 8.64. The van der Waals surface area contributed by atoms with E-state index in [1.54, 1.807) is 0 Å². The van der Waals surface area contributed by atoms with Gasteiger partial charge in [0.15, 0.2) is 0 Å². The predicted molar refractivity (Wildman–Crippen MR) is 90.1 cm³/mol.